The first kappa shape index (κ1) is 15.2. The fourth-order valence-electron chi connectivity index (χ4n) is 2.84. The van der Waals surface area contributed by atoms with Gasteiger partial charge in [-0.25, -0.2) is 0 Å². The average molecular weight is 304 g/mol. The van der Waals surface area contributed by atoms with Crippen LogP contribution < -0.4 is 0 Å². The molecule has 2 nitrogen and oxygen atoms in total. The zero-order valence-corrected chi connectivity index (χ0v) is 13.2. The van der Waals surface area contributed by atoms with Gasteiger partial charge in [0.15, 0.2) is 0 Å². The standard InChI is InChI=1S/C21H20O2/c1-15-13-18(22)10-12-19(15)20-11-9-17(14-21(20)23)8-7-16-5-3-2-4-6-16/h2-6,9-14,22-23H,7-8H2,1H3. The second-order valence-corrected chi connectivity index (χ2v) is 5.84. The van der Waals surface area contributed by atoms with Crippen molar-refractivity contribution in [3.8, 4) is 22.6 Å². The van der Waals surface area contributed by atoms with Gasteiger partial charge in [-0.3, -0.25) is 0 Å². The van der Waals surface area contributed by atoms with Gasteiger partial charge in [0, 0.05) is 5.56 Å². The number of phenolic OH excluding ortho intramolecular Hbond substituents is 2. The van der Waals surface area contributed by atoms with Gasteiger partial charge in [0.1, 0.15) is 11.5 Å². The Bertz CT molecular complexity index is 807. The molecule has 3 rings (SSSR count). The maximum Gasteiger partial charge on any atom is 0.123 e. The molecule has 0 aliphatic rings. The summed E-state index contributed by atoms with van der Waals surface area (Å²) in [6.07, 6.45) is 1.85. The number of rotatable bonds is 4. The third kappa shape index (κ3) is 3.54. The molecule has 3 aromatic rings. The molecule has 2 N–H and O–H groups in total. The molecule has 0 atom stereocenters. The van der Waals surface area contributed by atoms with Gasteiger partial charge in [-0.1, -0.05) is 48.5 Å². The summed E-state index contributed by atoms with van der Waals surface area (Å²) in [5.41, 5.74) is 5.09. The summed E-state index contributed by atoms with van der Waals surface area (Å²) in [5.74, 6) is 0.523. The quantitative estimate of drug-likeness (QED) is 0.722. The first-order valence-electron chi connectivity index (χ1n) is 7.79. The lowest BCUT2D eigenvalue weighted by molar-refractivity contribution is 0.473. The molecule has 2 heteroatoms. The summed E-state index contributed by atoms with van der Waals surface area (Å²) in [7, 11) is 0. The van der Waals surface area contributed by atoms with Crippen molar-refractivity contribution in [1.82, 2.24) is 0 Å². The van der Waals surface area contributed by atoms with Crippen molar-refractivity contribution >= 4 is 0 Å². The van der Waals surface area contributed by atoms with E-state index >= 15 is 0 Å². The number of hydrogen-bond donors (Lipinski definition) is 2. The Hall–Kier alpha value is -2.74. The predicted molar refractivity (Wildman–Crippen MR) is 93.8 cm³/mol. The minimum absolute atomic E-state index is 0.241. The molecule has 0 radical (unpaired) electrons. The van der Waals surface area contributed by atoms with Crippen molar-refractivity contribution in [1.29, 1.82) is 0 Å². The van der Waals surface area contributed by atoms with Crippen LogP contribution >= 0.6 is 0 Å². The van der Waals surface area contributed by atoms with Crippen molar-refractivity contribution in [2.24, 2.45) is 0 Å². The lowest BCUT2D eigenvalue weighted by Crippen LogP contribution is -1.92. The van der Waals surface area contributed by atoms with E-state index < -0.39 is 0 Å². The van der Waals surface area contributed by atoms with E-state index in [2.05, 4.69) is 18.2 Å². The maximum atomic E-state index is 10.4. The largest absolute Gasteiger partial charge is 0.508 e. The van der Waals surface area contributed by atoms with Crippen LogP contribution in [-0.4, -0.2) is 10.2 Å². The Morgan fingerprint density at radius 3 is 2.09 bits per heavy atom. The third-order valence-electron chi connectivity index (χ3n) is 4.11. The number of hydrogen-bond acceptors (Lipinski definition) is 2. The molecular formula is C21H20O2. The molecule has 0 aliphatic heterocycles. The van der Waals surface area contributed by atoms with Crippen LogP contribution in [0.1, 0.15) is 16.7 Å². The molecule has 0 aliphatic carbocycles. The normalized spacial score (nSPS) is 10.7. The summed E-state index contributed by atoms with van der Waals surface area (Å²) in [4.78, 5) is 0. The van der Waals surface area contributed by atoms with E-state index in [0.29, 0.717) is 0 Å². The zero-order chi connectivity index (χ0) is 16.2. The highest BCUT2D eigenvalue weighted by atomic mass is 16.3. The van der Waals surface area contributed by atoms with Gasteiger partial charge in [0.05, 0.1) is 0 Å². The highest BCUT2D eigenvalue weighted by molar-refractivity contribution is 5.73. The summed E-state index contributed by atoms with van der Waals surface area (Å²) >= 11 is 0. The van der Waals surface area contributed by atoms with Crippen molar-refractivity contribution in [2.75, 3.05) is 0 Å². The van der Waals surface area contributed by atoms with E-state index in [4.69, 9.17) is 0 Å². The fourth-order valence-corrected chi connectivity index (χ4v) is 2.84. The van der Waals surface area contributed by atoms with E-state index in [1.165, 1.54) is 5.56 Å². The summed E-state index contributed by atoms with van der Waals surface area (Å²) in [6, 6.07) is 21.4. The van der Waals surface area contributed by atoms with Gasteiger partial charge >= 0.3 is 0 Å². The molecule has 116 valence electrons. The fraction of sp³-hybridized carbons (Fsp3) is 0.143. The third-order valence-corrected chi connectivity index (χ3v) is 4.11. The van der Waals surface area contributed by atoms with Gasteiger partial charge in [-0.2, -0.15) is 0 Å². The molecule has 0 saturated heterocycles. The summed E-state index contributed by atoms with van der Waals surface area (Å²) < 4.78 is 0. The first-order valence-corrected chi connectivity index (χ1v) is 7.79. The van der Waals surface area contributed by atoms with Crippen LogP contribution in [0, 0.1) is 6.92 Å². The molecule has 23 heavy (non-hydrogen) atoms. The molecule has 3 aromatic carbocycles. The van der Waals surface area contributed by atoms with Crippen LogP contribution in [0.4, 0.5) is 0 Å². The molecule has 0 aromatic heterocycles. The van der Waals surface area contributed by atoms with Gasteiger partial charge in [0.25, 0.3) is 0 Å². The van der Waals surface area contributed by atoms with Gasteiger partial charge in [-0.15, -0.1) is 0 Å². The van der Waals surface area contributed by atoms with E-state index in [9.17, 15) is 10.2 Å². The van der Waals surface area contributed by atoms with E-state index in [1.807, 2.05) is 43.3 Å². The molecular weight excluding hydrogens is 284 g/mol. The van der Waals surface area contributed by atoms with E-state index in [1.54, 1.807) is 12.1 Å². The van der Waals surface area contributed by atoms with Gasteiger partial charge in [0.2, 0.25) is 0 Å². The number of benzene rings is 3. The minimum atomic E-state index is 0.241. The van der Waals surface area contributed by atoms with Crippen LogP contribution in [0.15, 0.2) is 66.7 Å². The second-order valence-electron chi connectivity index (χ2n) is 5.84. The SMILES string of the molecule is Cc1cc(O)ccc1-c1ccc(CCc2ccccc2)cc1O. The predicted octanol–water partition coefficient (Wildman–Crippen LogP) is 4.86. The smallest absolute Gasteiger partial charge is 0.123 e. The minimum Gasteiger partial charge on any atom is -0.508 e. The second kappa shape index (κ2) is 6.57. The molecule has 0 unspecified atom stereocenters. The first-order chi connectivity index (χ1) is 11.1. The molecule has 0 heterocycles. The lowest BCUT2D eigenvalue weighted by atomic mass is 9.96. The molecule has 0 amide bonds. The summed E-state index contributed by atoms with van der Waals surface area (Å²) in [6.45, 7) is 1.93. The monoisotopic (exact) mass is 304 g/mol. The molecule has 0 fully saturated rings. The zero-order valence-electron chi connectivity index (χ0n) is 13.2. The highest BCUT2D eigenvalue weighted by Gasteiger charge is 2.09. The number of phenols is 2. The van der Waals surface area contributed by atoms with E-state index in [0.717, 1.165) is 35.1 Å². The Labute approximate surface area is 136 Å². The van der Waals surface area contributed by atoms with Crippen LogP contribution in [-0.2, 0) is 12.8 Å². The van der Waals surface area contributed by atoms with Crippen molar-refractivity contribution in [3.63, 3.8) is 0 Å². The molecule has 0 spiro atoms. The number of aryl methyl sites for hydroxylation is 3. The lowest BCUT2D eigenvalue weighted by Gasteiger charge is -2.10. The molecule has 0 bridgehead atoms. The van der Waals surface area contributed by atoms with Crippen LogP contribution in [0.5, 0.6) is 11.5 Å². The van der Waals surface area contributed by atoms with Crippen LogP contribution in [0.25, 0.3) is 11.1 Å². The van der Waals surface area contributed by atoms with Crippen molar-refractivity contribution < 1.29 is 10.2 Å². The maximum absolute atomic E-state index is 10.4. The van der Waals surface area contributed by atoms with Gasteiger partial charge < -0.3 is 10.2 Å². The summed E-state index contributed by atoms with van der Waals surface area (Å²) in [5, 5.41) is 19.9. The van der Waals surface area contributed by atoms with Crippen molar-refractivity contribution in [2.45, 2.75) is 19.8 Å². The Morgan fingerprint density at radius 2 is 1.39 bits per heavy atom. The van der Waals surface area contributed by atoms with Crippen molar-refractivity contribution in [3.05, 3.63) is 83.4 Å². The Balaban J connectivity index is 1.80. The highest BCUT2D eigenvalue weighted by Crippen LogP contribution is 2.33. The topological polar surface area (TPSA) is 40.5 Å². The average Bonchev–Trinajstić information content (AvgIpc) is 2.55. The number of aromatic hydroxyl groups is 2. The van der Waals surface area contributed by atoms with Crippen LogP contribution in [0.2, 0.25) is 0 Å². The Kier molecular flexibility index (Phi) is 4.33. The van der Waals surface area contributed by atoms with Crippen LogP contribution in [0.3, 0.4) is 0 Å². The Morgan fingerprint density at radius 1 is 0.696 bits per heavy atom. The van der Waals surface area contributed by atoms with Gasteiger partial charge in [-0.05, 0) is 60.2 Å². The molecule has 0 saturated carbocycles. The van der Waals surface area contributed by atoms with E-state index in [-0.39, 0.29) is 11.5 Å².